The average Bonchev–Trinajstić information content (AvgIpc) is 3.06. The number of fused-ring (bicyclic) bond motifs is 2. The maximum Gasteiger partial charge on any atom is 0.262 e. The van der Waals surface area contributed by atoms with E-state index in [1.165, 1.54) is 6.42 Å². The summed E-state index contributed by atoms with van der Waals surface area (Å²) in [6, 6.07) is 4.41. The summed E-state index contributed by atoms with van der Waals surface area (Å²) in [5.41, 5.74) is 7.80. The van der Waals surface area contributed by atoms with E-state index >= 15 is 0 Å². The van der Waals surface area contributed by atoms with Gasteiger partial charge in [-0.3, -0.25) is 34.3 Å². The molecule has 1 saturated carbocycles. The molecule has 1 aromatic rings. The molecule has 0 radical (unpaired) electrons. The summed E-state index contributed by atoms with van der Waals surface area (Å²) in [5, 5.41) is 2.22. The number of nitrogens with two attached hydrogens (primary N) is 1. The highest BCUT2D eigenvalue weighted by molar-refractivity contribution is 6.23. The number of amides is 4. The van der Waals surface area contributed by atoms with Crippen molar-refractivity contribution in [2.24, 2.45) is 11.7 Å². The molecule has 3 N–H and O–H groups in total. The molecule has 152 valence electrons. The molecule has 8 heteroatoms. The van der Waals surface area contributed by atoms with Crippen molar-refractivity contribution in [1.29, 1.82) is 0 Å². The molecule has 29 heavy (non-hydrogen) atoms. The second kappa shape index (κ2) is 6.47. The molecule has 4 amide bonds. The Morgan fingerprint density at radius 2 is 1.86 bits per heavy atom. The highest BCUT2D eigenvalue weighted by Gasteiger charge is 2.53. The molecular formula is C21H24N4O4. The van der Waals surface area contributed by atoms with Crippen LogP contribution < -0.4 is 11.1 Å². The molecule has 3 heterocycles. The highest BCUT2D eigenvalue weighted by Crippen LogP contribution is 2.50. The third-order valence-electron chi connectivity index (χ3n) is 7.29. The predicted octanol–water partition coefficient (Wildman–Crippen LogP) is 0.401. The van der Waals surface area contributed by atoms with Crippen LogP contribution in [0.3, 0.4) is 0 Å². The van der Waals surface area contributed by atoms with Gasteiger partial charge in [-0.05, 0) is 55.8 Å². The van der Waals surface area contributed by atoms with Gasteiger partial charge < -0.3 is 5.73 Å². The monoisotopic (exact) mass is 396 g/mol. The molecule has 0 spiro atoms. The van der Waals surface area contributed by atoms with E-state index in [0.717, 1.165) is 29.8 Å². The Morgan fingerprint density at radius 1 is 1.07 bits per heavy atom. The summed E-state index contributed by atoms with van der Waals surface area (Å²) in [7, 11) is 0. The van der Waals surface area contributed by atoms with Crippen LogP contribution >= 0.6 is 0 Å². The largest absolute Gasteiger partial charge is 0.329 e. The molecule has 8 nitrogen and oxygen atoms in total. The molecule has 1 aromatic carbocycles. The normalized spacial score (nSPS) is 31.6. The summed E-state index contributed by atoms with van der Waals surface area (Å²) in [5.74, 6) is -1.23. The van der Waals surface area contributed by atoms with Crippen LogP contribution in [0.4, 0.5) is 0 Å². The number of carbonyl (C=O) groups excluding carboxylic acids is 4. The average molecular weight is 396 g/mol. The van der Waals surface area contributed by atoms with Crippen LogP contribution in [0.1, 0.15) is 58.4 Å². The van der Waals surface area contributed by atoms with Crippen LogP contribution in [0.2, 0.25) is 0 Å². The quantitative estimate of drug-likeness (QED) is 0.713. The summed E-state index contributed by atoms with van der Waals surface area (Å²) in [4.78, 5) is 52.8. The Bertz CT molecular complexity index is 941. The van der Waals surface area contributed by atoms with E-state index in [1.54, 1.807) is 12.1 Å². The minimum Gasteiger partial charge on any atom is -0.329 e. The smallest absolute Gasteiger partial charge is 0.262 e. The molecule has 0 bridgehead atoms. The summed E-state index contributed by atoms with van der Waals surface area (Å²) < 4.78 is 0. The van der Waals surface area contributed by atoms with Crippen molar-refractivity contribution in [3.05, 3.63) is 34.9 Å². The zero-order valence-electron chi connectivity index (χ0n) is 16.1. The van der Waals surface area contributed by atoms with Crippen molar-refractivity contribution in [2.75, 3.05) is 13.1 Å². The number of piperidine rings is 1. The number of hydrogen-bond donors (Lipinski definition) is 2. The van der Waals surface area contributed by atoms with E-state index in [-0.39, 0.29) is 24.3 Å². The lowest BCUT2D eigenvalue weighted by atomic mass is 9.67. The number of rotatable bonds is 4. The van der Waals surface area contributed by atoms with Gasteiger partial charge in [-0.25, -0.2) is 0 Å². The van der Waals surface area contributed by atoms with Gasteiger partial charge in [0.1, 0.15) is 6.04 Å². The van der Waals surface area contributed by atoms with Crippen LogP contribution in [0, 0.1) is 5.92 Å². The number of nitrogens with one attached hydrogen (secondary N) is 1. The van der Waals surface area contributed by atoms with Crippen molar-refractivity contribution in [1.82, 2.24) is 15.1 Å². The first-order chi connectivity index (χ1) is 13.9. The Kier molecular flexibility index (Phi) is 4.11. The Labute approximate surface area is 168 Å². The fraction of sp³-hybridized carbons (Fsp3) is 0.524. The lowest BCUT2D eigenvalue weighted by Crippen LogP contribution is -2.58. The summed E-state index contributed by atoms with van der Waals surface area (Å²) >= 11 is 0. The van der Waals surface area contributed by atoms with Crippen LogP contribution in [-0.2, 0) is 16.1 Å². The Balaban J connectivity index is 1.39. The third kappa shape index (κ3) is 2.59. The number of hydrogen-bond acceptors (Lipinski definition) is 6. The van der Waals surface area contributed by atoms with Gasteiger partial charge in [0.25, 0.3) is 11.8 Å². The second-order valence-electron chi connectivity index (χ2n) is 8.58. The minimum atomic E-state index is -0.932. The topological polar surface area (TPSA) is 113 Å². The highest BCUT2D eigenvalue weighted by atomic mass is 16.2. The van der Waals surface area contributed by atoms with Crippen molar-refractivity contribution < 1.29 is 19.2 Å². The first-order valence-electron chi connectivity index (χ1n) is 10.2. The number of carbonyl (C=O) groups is 4. The maximum absolute atomic E-state index is 13.0. The van der Waals surface area contributed by atoms with Gasteiger partial charge in [-0.15, -0.1) is 0 Å². The van der Waals surface area contributed by atoms with E-state index in [1.807, 2.05) is 6.07 Å². The van der Waals surface area contributed by atoms with E-state index < -0.39 is 23.8 Å². The van der Waals surface area contributed by atoms with Crippen LogP contribution in [0.15, 0.2) is 18.2 Å². The van der Waals surface area contributed by atoms with Crippen molar-refractivity contribution in [3.8, 4) is 0 Å². The van der Waals surface area contributed by atoms with Gasteiger partial charge in [-0.1, -0.05) is 6.07 Å². The number of imide groups is 2. The van der Waals surface area contributed by atoms with Gasteiger partial charge in [-0.2, -0.15) is 0 Å². The first-order valence-corrected chi connectivity index (χ1v) is 10.2. The number of benzene rings is 1. The molecule has 4 aliphatic rings. The second-order valence-corrected chi connectivity index (χ2v) is 8.58. The molecule has 1 aliphatic carbocycles. The minimum absolute atomic E-state index is 0.0810. The standard InChI is InChI=1S/C21H24N4O4/c22-11-21-7-5-13(21)6-8-24(21)10-12-1-2-14-15(9-12)20(29)25(19(14)28)16-3-4-17(26)23-18(16)27/h1-2,9,13,16H,3-8,10-11,22H2,(H,23,26,27). The number of likely N-dealkylation sites (tertiary alicyclic amines) is 1. The van der Waals surface area contributed by atoms with Gasteiger partial charge in [0.2, 0.25) is 11.8 Å². The zero-order chi connectivity index (χ0) is 20.3. The lowest BCUT2D eigenvalue weighted by molar-refractivity contribution is -0.136. The Hall–Kier alpha value is -2.58. The van der Waals surface area contributed by atoms with E-state index in [9.17, 15) is 19.2 Å². The van der Waals surface area contributed by atoms with Crippen molar-refractivity contribution in [3.63, 3.8) is 0 Å². The third-order valence-corrected chi connectivity index (χ3v) is 7.29. The van der Waals surface area contributed by atoms with Gasteiger partial charge in [0.05, 0.1) is 11.1 Å². The van der Waals surface area contributed by atoms with Crippen LogP contribution in [0.5, 0.6) is 0 Å². The molecule has 0 aromatic heterocycles. The summed E-state index contributed by atoms with van der Waals surface area (Å²) in [6.45, 7) is 2.33. The predicted molar refractivity (Wildman–Crippen MR) is 103 cm³/mol. The molecule has 3 unspecified atom stereocenters. The van der Waals surface area contributed by atoms with E-state index in [0.29, 0.717) is 30.1 Å². The summed E-state index contributed by atoms with van der Waals surface area (Å²) in [6.07, 6.45) is 3.78. The molecule has 3 fully saturated rings. The van der Waals surface area contributed by atoms with Gasteiger partial charge in [0, 0.05) is 25.0 Å². The van der Waals surface area contributed by atoms with Crippen LogP contribution in [0.25, 0.3) is 0 Å². The molecule has 5 rings (SSSR count). The van der Waals surface area contributed by atoms with Crippen molar-refractivity contribution >= 4 is 23.6 Å². The zero-order valence-corrected chi connectivity index (χ0v) is 16.1. The fourth-order valence-corrected chi connectivity index (χ4v) is 5.52. The first kappa shape index (κ1) is 18.4. The molecular weight excluding hydrogens is 372 g/mol. The maximum atomic E-state index is 13.0. The molecule has 3 aliphatic heterocycles. The fourth-order valence-electron chi connectivity index (χ4n) is 5.52. The van der Waals surface area contributed by atoms with Gasteiger partial charge in [0.15, 0.2) is 0 Å². The van der Waals surface area contributed by atoms with Crippen molar-refractivity contribution in [2.45, 2.75) is 50.2 Å². The Morgan fingerprint density at radius 3 is 2.55 bits per heavy atom. The van der Waals surface area contributed by atoms with Crippen LogP contribution in [-0.4, -0.2) is 58.1 Å². The SMILES string of the molecule is NCC12CCC1CCN2Cc1ccc2c(c1)C(=O)N(C1CCC(=O)NC1=O)C2=O. The molecule has 2 saturated heterocycles. The van der Waals surface area contributed by atoms with E-state index in [4.69, 9.17) is 5.73 Å². The van der Waals surface area contributed by atoms with Gasteiger partial charge >= 0.3 is 0 Å². The lowest BCUT2D eigenvalue weighted by Gasteiger charge is -2.49. The number of nitrogens with zero attached hydrogens (tertiary/aromatic N) is 2. The molecule has 3 atom stereocenters. The van der Waals surface area contributed by atoms with E-state index in [2.05, 4.69) is 10.2 Å².